The molecule has 0 radical (unpaired) electrons. The molecule has 0 aromatic heterocycles. The molecule has 2 rings (SSSR count). The van der Waals surface area contributed by atoms with E-state index < -0.39 is 0 Å². The van der Waals surface area contributed by atoms with E-state index in [1.807, 2.05) is 43.3 Å². The van der Waals surface area contributed by atoms with Gasteiger partial charge in [-0.05, 0) is 54.7 Å². The van der Waals surface area contributed by atoms with Gasteiger partial charge >= 0.3 is 0 Å². The van der Waals surface area contributed by atoms with Crippen molar-refractivity contribution in [1.82, 2.24) is 0 Å². The molecule has 0 saturated heterocycles. The molecule has 1 N–H and O–H groups in total. The van der Waals surface area contributed by atoms with Gasteiger partial charge in [-0.2, -0.15) is 0 Å². The molecular formula is C22H27NO3. The van der Waals surface area contributed by atoms with Crippen LogP contribution in [0.1, 0.15) is 43.4 Å². The molecule has 138 valence electrons. The first-order valence-electron chi connectivity index (χ1n) is 8.68. The predicted molar refractivity (Wildman–Crippen MR) is 107 cm³/mol. The van der Waals surface area contributed by atoms with E-state index in [2.05, 4.69) is 25.2 Å². The second kappa shape index (κ2) is 8.56. The van der Waals surface area contributed by atoms with Crippen LogP contribution in [0, 0.1) is 6.92 Å². The molecule has 0 saturated carbocycles. The van der Waals surface area contributed by atoms with Crippen molar-refractivity contribution in [1.29, 1.82) is 0 Å². The predicted octanol–water partition coefficient (Wildman–Crippen LogP) is 5.18. The molecule has 0 unspecified atom stereocenters. The summed E-state index contributed by atoms with van der Waals surface area (Å²) in [5.41, 5.74) is 4.59. The largest absolute Gasteiger partial charge is 0.493 e. The van der Waals surface area contributed by atoms with Crippen molar-refractivity contribution in [2.45, 2.75) is 33.6 Å². The smallest absolute Gasteiger partial charge is 0.251 e. The first-order valence-corrected chi connectivity index (χ1v) is 8.68. The average molecular weight is 353 g/mol. The summed E-state index contributed by atoms with van der Waals surface area (Å²) in [5.74, 6) is 1.51. The van der Waals surface area contributed by atoms with Crippen molar-refractivity contribution >= 4 is 17.7 Å². The Morgan fingerprint density at radius 3 is 2.38 bits per heavy atom. The number of anilines is 1. The molecule has 26 heavy (non-hydrogen) atoms. The van der Waals surface area contributed by atoms with Crippen LogP contribution in [0.25, 0.3) is 6.08 Å². The minimum atomic E-state index is -0.115. The van der Waals surface area contributed by atoms with Crippen LogP contribution in [0.5, 0.6) is 11.5 Å². The summed E-state index contributed by atoms with van der Waals surface area (Å²) < 4.78 is 10.6. The number of aryl methyl sites for hydroxylation is 1. The lowest BCUT2D eigenvalue weighted by atomic mass is 9.98. The lowest BCUT2D eigenvalue weighted by Crippen LogP contribution is -2.15. The molecule has 0 aliphatic heterocycles. The number of nitrogens with one attached hydrogen (secondary N) is 1. The zero-order valence-corrected chi connectivity index (χ0v) is 16.3. The van der Waals surface area contributed by atoms with Crippen LogP contribution in [0.15, 0.2) is 42.0 Å². The van der Waals surface area contributed by atoms with Gasteiger partial charge in [0.2, 0.25) is 0 Å². The number of rotatable bonds is 6. The fourth-order valence-corrected chi connectivity index (χ4v) is 2.81. The Morgan fingerprint density at radius 2 is 1.77 bits per heavy atom. The van der Waals surface area contributed by atoms with Crippen LogP contribution in [0.4, 0.5) is 5.69 Å². The third-order valence-corrected chi connectivity index (χ3v) is 4.31. The van der Waals surface area contributed by atoms with E-state index in [0.717, 1.165) is 22.4 Å². The number of methoxy groups -OCH3 is 2. The monoisotopic (exact) mass is 353 g/mol. The van der Waals surface area contributed by atoms with E-state index in [1.165, 1.54) is 0 Å². The zero-order chi connectivity index (χ0) is 19.3. The maximum absolute atomic E-state index is 12.7. The third-order valence-electron chi connectivity index (χ3n) is 4.31. The first kappa shape index (κ1) is 19.6. The molecule has 0 heterocycles. The number of carbonyl (C=O) groups is 1. The summed E-state index contributed by atoms with van der Waals surface area (Å²) in [4.78, 5) is 12.7. The number of para-hydroxylation sites is 1. The molecule has 2 aromatic carbocycles. The van der Waals surface area contributed by atoms with Crippen LogP contribution in [-0.4, -0.2) is 20.1 Å². The summed E-state index contributed by atoms with van der Waals surface area (Å²) in [6.45, 7) is 8.06. The van der Waals surface area contributed by atoms with E-state index in [4.69, 9.17) is 9.47 Å². The molecule has 0 aliphatic rings. The molecule has 1 amide bonds. The Balaban J connectivity index is 2.27. The Hall–Kier alpha value is -2.75. The molecule has 4 heteroatoms. The SMILES string of the molecule is COc1ccc(/C=C(\C)C(=O)Nc2c(C)cccc2C(C)C)cc1OC. The van der Waals surface area contributed by atoms with E-state index in [1.54, 1.807) is 21.1 Å². The molecule has 0 fully saturated rings. The van der Waals surface area contributed by atoms with Crippen LogP contribution >= 0.6 is 0 Å². The van der Waals surface area contributed by atoms with Crippen molar-refractivity contribution in [3.05, 3.63) is 58.7 Å². The number of carbonyl (C=O) groups excluding carboxylic acids is 1. The molecule has 0 bridgehead atoms. The summed E-state index contributed by atoms with van der Waals surface area (Å²) in [5, 5.41) is 3.07. The Bertz CT molecular complexity index is 822. The molecule has 4 nitrogen and oxygen atoms in total. The van der Waals surface area contributed by atoms with Gasteiger partial charge in [-0.1, -0.05) is 38.1 Å². The lowest BCUT2D eigenvalue weighted by Gasteiger charge is -2.16. The maximum Gasteiger partial charge on any atom is 0.251 e. The molecule has 2 aromatic rings. The van der Waals surface area contributed by atoms with Crippen molar-refractivity contribution in [3.63, 3.8) is 0 Å². The van der Waals surface area contributed by atoms with E-state index in [0.29, 0.717) is 23.0 Å². The van der Waals surface area contributed by atoms with Crippen molar-refractivity contribution in [2.75, 3.05) is 19.5 Å². The highest BCUT2D eigenvalue weighted by atomic mass is 16.5. The van der Waals surface area contributed by atoms with Crippen molar-refractivity contribution in [3.8, 4) is 11.5 Å². The topological polar surface area (TPSA) is 47.6 Å². The van der Waals surface area contributed by atoms with Gasteiger partial charge in [0.1, 0.15) is 0 Å². The van der Waals surface area contributed by atoms with Crippen molar-refractivity contribution in [2.24, 2.45) is 0 Å². The minimum Gasteiger partial charge on any atom is -0.493 e. The van der Waals surface area contributed by atoms with Gasteiger partial charge in [-0.3, -0.25) is 4.79 Å². The van der Waals surface area contributed by atoms with E-state index in [9.17, 15) is 4.79 Å². The summed E-state index contributed by atoms with van der Waals surface area (Å²) in [6, 6.07) is 11.7. The molecule has 0 spiro atoms. The van der Waals surface area contributed by atoms with Crippen LogP contribution in [0.3, 0.4) is 0 Å². The molecule has 0 atom stereocenters. The highest BCUT2D eigenvalue weighted by Crippen LogP contribution is 2.29. The van der Waals surface area contributed by atoms with Gasteiger partial charge in [0.15, 0.2) is 11.5 Å². The quantitative estimate of drug-likeness (QED) is 0.728. The fourth-order valence-electron chi connectivity index (χ4n) is 2.81. The second-order valence-corrected chi connectivity index (χ2v) is 6.59. The van der Waals surface area contributed by atoms with Gasteiger partial charge < -0.3 is 14.8 Å². The van der Waals surface area contributed by atoms with Crippen LogP contribution in [0.2, 0.25) is 0 Å². The lowest BCUT2D eigenvalue weighted by molar-refractivity contribution is -0.112. The van der Waals surface area contributed by atoms with Crippen LogP contribution < -0.4 is 14.8 Å². The highest BCUT2D eigenvalue weighted by Gasteiger charge is 2.13. The highest BCUT2D eigenvalue weighted by molar-refractivity contribution is 6.07. The number of benzene rings is 2. The van der Waals surface area contributed by atoms with Gasteiger partial charge in [-0.25, -0.2) is 0 Å². The molecular weight excluding hydrogens is 326 g/mol. The third kappa shape index (κ3) is 4.45. The number of ether oxygens (including phenoxy) is 2. The second-order valence-electron chi connectivity index (χ2n) is 6.59. The average Bonchev–Trinajstić information content (AvgIpc) is 2.62. The van der Waals surface area contributed by atoms with Crippen LogP contribution in [-0.2, 0) is 4.79 Å². The maximum atomic E-state index is 12.7. The van der Waals surface area contributed by atoms with Gasteiger partial charge in [0.25, 0.3) is 5.91 Å². The number of hydrogen-bond acceptors (Lipinski definition) is 3. The normalized spacial score (nSPS) is 11.4. The Kier molecular flexibility index (Phi) is 6.45. The standard InChI is InChI=1S/C22H27NO3/c1-14(2)18-9-7-8-15(3)21(18)23-22(24)16(4)12-17-10-11-19(25-5)20(13-17)26-6/h7-14H,1-6H3,(H,23,24)/b16-12+. The van der Waals surface area contributed by atoms with Gasteiger partial charge in [0.05, 0.1) is 14.2 Å². The fraction of sp³-hybridized carbons (Fsp3) is 0.318. The van der Waals surface area contributed by atoms with Gasteiger partial charge in [0, 0.05) is 11.3 Å². The van der Waals surface area contributed by atoms with E-state index >= 15 is 0 Å². The number of amides is 1. The summed E-state index contributed by atoms with van der Waals surface area (Å²) in [6.07, 6.45) is 1.84. The van der Waals surface area contributed by atoms with Gasteiger partial charge in [-0.15, -0.1) is 0 Å². The van der Waals surface area contributed by atoms with Crippen molar-refractivity contribution < 1.29 is 14.3 Å². The number of hydrogen-bond donors (Lipinski definition) is 1. The minimum absolute atomic E-state index is 0.115. The Labute approximate surface area is 155 Å². The zero-order valence-electron chi connectivity index (χ0n) is 16.3. The molecule has 0 aliphatic carbocycles. The first-order chi connectivity index (χ1) is 12.4. The summed E-state index contributed by atoms with van der Waals surface area (Å²) >= 11 is 0. The Morgan fingerprint density at radius 1 is 1.08 bits per heavy atom. The summed E-state index contributed by atoms with van der Waals surface area (Å²) in [7, 11) is 3.19. The van der Waals surface area contributed by atoms with E-state index in [-0.39, 0.29) is 5.91 Å².